The molecule has 0 amide bonds. The summed E-state index contributed by atoms with van der Waals surface area (Å²) in [6.07, 6.45) is 3.43. The van der Waals surface area contributed by atoms with Crippen LogP contribution >= 0.6 is 0 Å². The summed E-state index contributed by atoms with van der Waals surface area (Å²) in [6.45, 7) is 6.53. The normalized spacial score (nSPS) is 14.4. The van der Waals surface area contributed by atoms with E-state index >= 15 is 0 Å². The molecule has 132 valence electrons. The summed E-state index contributed by atoms with van der Waals surface area (Å²) in [5.41, 5.74) is 2.54. The van der Waals surface area contributed by atoms with E-state index in [4.69, 9.17) is 0 Å². The van der Waals surface area contributed by atoms with Crippen molar-refractivity contribution < 1.29 is 0 Å². The molecule has 3 unspecified atom stereocenters. The molecule has 2 rings (SSSR count). The first-order chi connectivity index (χ1) is 12.2. The predicted octanol–water partition coefficient (Wildman–Crippen LogP) is 5.49. The zero-order chi connectivity index (χ0) is 17.9. The van der Waals surface area contributed by atoms with Gasteiger partial charge in [0.05, 0.1) is 12.0 Å². The van der Waals surface area contributed by atoms with E-state index in [1.165, 1.54) is 18.4 Å². The highest BCUT2D eigenvalue weighted by Gasteiger charge is 2.18. The number of rotatable bonds is 10. The van der Waals surface area contributed by atoms with Crippen molar-refractivity contribution in [3.63, 3.8) is 0 Å². The van der Waals surface area contributed by atoms with Gasteiger partial charge >= 0.3 is 0 Å². The molecule has 0 saturated carbocycles. The van der Waals surface area contributed by atoms with Crippen LogP contribution in [0.5, 0.6) is 0 Å². The highest BCUT2D eigenvalue weighted by Crippen LogP contribution is 2.27. The van der Waals surface area contributed by atoms with Gasteiger partial charge in [-0.25, -0.2) is 0 Å². The Hall–Kier alpha value is -2.11. The Balaban J connectivity index is 1.63. The fourth-order valence-corrected chi connectivity index (χ4v) is 3.29. The minimum atomic E-state index is 0.00672. The van der Waals surface area contributed by atoms with Crippen molar-refractivity contribution >= 4 is 0 Å². The quantitative estimate of drug-likeness (QED) is 0.583. The van der Waals surface area contributed by atoms with E-state index in [9.17, 15) is 5.26 Å². The van der Waals surface area contributed by atoms with E-state index in [1.807, 2.05) is 18.2 Å². The molecule has 0 radical (unpaired) electrons. The smallest absolute Gasteiger partial charge is 0.0738 e. The van der Waals surface area contributed by atoms with Gasteiger partial charge in [0.2, 0.25) is 0 Å². The third kappa shape index (κ3) is 6.36. The highest BCUT2D eigenvalue weighted by atomic mass is 14.8. The van der Waals surface area contributed by atoms with Gasteiger partial charge in [0.1, 0.15) is 0 Å². The Morgan fingerprint density at radius 3 is 2.08 bits per heavy atom. The van der Waals surface area contributed by atoms with Crippen LogP contribution < -0.4 is 5.32 Å². The molecule has 2 aromatic rings. The van der Waals surface area contributed by atoms with Gasteiger partial charge in [-0.15, -0.1) is 0 Å². The molecule has 1 N–H and O–H groups in total. The summed E-state index contributed by atoms with van der Waals surface area (Å²) in [5, 5.41) is 13.1. The first kappa shape index (κ1) is 19.2. The molecular weight excluding hydrogens is 304 g/mol. The highest BCUT2D eigenvalue weighted by molar-refractivity contribution is 5.25. The Morgan fingerprint density at radius 1 is 0.880 bits per heavy atom. The third-order valence-corrected chi connectivity index (χ3v) is 4.95. The Morgan fingerprint density at radius 2 is 1.48 bits per heavy atom. The molecule has 0 aliphatic carbocycles. The van der Waals surface area contributed by atoms with E-state index < -0.39 is 0 Å². The number of nitrogens with one attached hydrogen (secondary N) is 1. The van der Waals surface area contributed by atoms with Gasteiger partial charge in [0.25, 0.3) is 0 Å². The van der Waals surface area contributed by atoms with E-state index in [1.54, 1.807) is 0 Å². The second-order valence-electron chi connectivity index (χ2n) is 7.01. The van der Waals surface area contributed by atoms with Gasteiger partial charge in [-0.05, 0) is 42.3 Å². The first-order valence-corrected chi connectivity index (χ1v) is 9.42. The van der Waals surface area contributed by atoms with Crippen molar-refractivity contribution in [3.05, 3.63) is 71.8 Å². The lowest BCUT2D eigenvalue weighted by molar-refractivity contribution is 0.455. The maximum Gasteiger partial charge on any atom is 0.0738 e. The Kier molecular flexibility index (Phi) is 8.22. The third-order valence-electron chi connectivity index (χ3n) is 4.95. The fraction of sp³-hybridized carbons (Fsp3) is 0.435. The maximum absolute atomic E-state index is 9.50. The van der Waals surface area contributed by atoms with Crippen LogP contribution in [0.25, 0.3) is 0 Å². The summed E-state index contributed by atoms with van der Waals surface area (Å²) < 4.78 is 0. The zero-order valence-corrected chi connectivity index (χ0v) is 15.5. The second kappa shape index (κ2) is 10.7. The van der Waals surface area contributed by atoms with E-state index in [-0.39, 0.29) is 5.92 Å². The summed E-state index contributed by atoms with van der Waals surface area (Å²) >= 11 is 0. The number of nitrogens with zero attached hydrogens (tertiary/aromatic N) is 1. The number of unbranched alkanes of at least 4 members (excludes halogenated alkanes) is 1. The molecule has 2 heteroatoms. The van der Waals surface area contributed by atoms with Crippen LogP contribution in [-0.2, 0) is 0 Å². The molecule has 0 heterocycles. The van der Waals surface area contributed by atoms with Crippen molar-refractivity contribution in [3.8, 4) is 6.07 Å². The molecular formula is C23H30N2. The van der Waals surface area contributed by atoms with Crippen LogP contribution in [0.2, 0.25) is 0 Å². The van der Waals surface area contributed by atoms with Gasteiger partial charge in [-0.1, -0.05) is 80.9 Å². The molecule has 2 aromatic carbocycles. The van der Waals surface area contributed by atoms with Crippen molar-refractivity contribution in [2.45, 2.75) is 44.9 Å². The predicted molar refractivity (Wildman–Crippen MR) is 106 cm³/mol. The lowest BCUT2D eigenvalue weighted by Crippen LogP contribution is -2.21. The fourth-order valence-electron chi connectivity index (χ4n) is 3.29. The van der Waals surface area contributed by atoms with E-state index in [0.29, 0.717) is 11.8 Å². The van der Waals surface area contributed by atoms with Crippen molar-refractivity contribution in [1.29, 1.82) is 5.26 Å². The monoisotopic (exact) mass is 334 g/mol. The van der Waals surface area contributed by atoms with Gasteiger partial charge in [-0.2, -0.15) is 5.26 Å². The first-order valence-electron chi connectivity index (χ1n) is 9.42. The summed E-state index contributed by atoms with van der Waals surface area (Å²) in [4.78, 5) is 0. The lowest BCUT2D eigenvalue weighted by Gasteiger charge is -2.18. The molecule has 0 fully saturated rings. The van der Waals surface area contributed by atoms with E-state index in [2.05, 4.69) is 67.7 Å². The number of nitriles is 1. The van der Waals surface area contributed by atoms with Crippen LogP contribution in [0, 0.1) is 17.2 Å². The topological polar surface area (TPSA) is 35.8 Å². The van der Waals surface area contributed by atoms with Crippen LogP contribution in [0.1, 0.15) is 56.1 Å². The molecule has 0 spiro atoms. The van der Waals surface area contributed by atoms with Crippen molar-refractivity contribution in [2.75, 3.05) is 13.1 Å². The van der Waals surface area contributed by atoms with Gasteiger partial charge < -0.3 is 5.32 Å². The summed E-state index contributed by atoms with van der Waals surface area (Å²) in [6, 6.07) is 23.3. The number of benzene rings is 2. The standard InChI is InChI=1S/C23H30N2/c1-19(23(17-24)22-14-7-4-8-15-22)11-9-10-16-25-18-20(2)21-12-5-3-6-13-21/h3-8,12-15,19-20,23,25H,9-11,16,18H2,1-2H3. The summed E-state index contributed by atoms with van der Waals surface area (Å²) in [7, 11) is 0. The maximum atomic E-state index is 9.50. The van der Waals surface area contributed by atoms with Crippen LogP contribution in [0.3, 0.4) is 0 Å². The molecule has 2 nitrogen and oxygen atoms in total. The molecule has 0 bridgehead atoms. The molecule has 0 saturated heterocycles. The Bertz CT molecular complexity index is 630. The van der Waals surface area contributed by atoms with Gasteiger partial charge in [0.15, 0.2) is 0 Å². The molecule has 0 aliphatic rings. The molecule has 3 atom stereocenters. The lowest BCUT2D eigenvalue weighted by atomic mass is 9.85. The van der Waals surface area contributed by atoms with Crippen LogP contribution in [0.4, 0.5) is 0 Å². The minimum Gasteiger partial charge on any atom is -0.316 e. The number of hydrogen-bond acceptors (Lipinski definition) is 2. The zero-order valence-electron chi connectivity index (χ0n) is 15.5. The van der Waals surface area contributed by atoms with E-state index in [0.717, 1.165) is 25.1 Å². The van der Waals surface area contributed by atoms with Crippen molar-refractivity contribution in [1.82, 2.24) is 5.32 Å². The largest absolute Gasteiger partial charge is 0.316 e. The molecule has 25 heavy (non-hydrogen) atoms. The van der Waals surface area contributed by atoms with Crippen LogP contribution in [0.15, 0.2) is 60.7 Å². The second-order valence-corrected chi connectivity index (χ2v) is 7.01. The molecule has 0 aliphatic heterocycles. The average molecular weight is 335 g/mol. The summed E-state index contributed by atoms with van der Waals surface area (Å²) in [5.74, 6) is 0.948. The molecule has 0 aromatic heterocycles. The number of hydrogen-bond donors (Lipinski definition) is 1. The van der Waals surface area contributed by atoms with Crippen LogP contribution in [-0.4, -0.2) is 13.1 Å². The van der Waals surface area contributed by atoms with Gasteiger partial charge in [0, 0.05) is 6.54 Å². The van der Waals surface area contributed by atoms with Crippen molar-refractivity contribution in [2.24, 2.45) is 5.92 Å². The Labute approximate surface area is 152 Å². The minimum absolute atomic E-state index is 0.00672. The van der Waals surface area contributed by atoms with Gasteiger partial charge in [-0.3, -0.25) is 0 Å². The SMILES string of the molecule is CC(CNCCCCC(C)C(C#N)c1ccccc1)c1ccccc1. The average Bonchev–Trinajstić information content (AvgIpc) is 2.66.